The van der Waals surface area contributed by atoms with Gasteiger partial charge in [0.2, 0.25) is 0 Å². The summed E-state index contributed by atoms with van der Waals surface area (Å²) in [6, 6.07) is 11.9. The summed E-state index contributed by atoms with van der Waals surface area (Å²) < 4.78 is 24.9. The monoisotopic (exact) mass is 398 g/mol. The van der Waals surface area contributed by atoms with E-state index in [1.165, 1.54) is 12.1 Å². The fourth-order valence-corrected chi connectivity index (χ4v) is 2.88. The third-order valence-electron chi connectivity index (χ3n) is 4.14. The number of carbonyl (C=O) groups is 3. The molecule has 0 bridgehead atoms. The van der Waals surface area contributed by atoms with Crippen LogP contribution in [0, 0.1) is 5.82 Å². The minimum atomic E-state index is -1.55. The van der Waals surface area contributed by atoms with Crippen molar-refractivity contribution in [2.45, 2.75) is 0 Å². The van der Waals surface area contributed by atoms with E-state index in [-0.39, 0.29) is 22.5 Å². The predicted molar refractivity (Wildman–Crippen MR) is 98.6 cm³/mol. The van der Waals surface area contributed by atoms with Gasteiger partial charge in [0.25, 0.3) is 0 Å². The molecule has 3 aromatic rings. The predicted octanol–water partition coefficient (Wildman–Crippen LogP) is 2.95. The van der Waals surface area contributed by atoms with E-state index in [2.05, 4.69) is 5.10 Å². The van der Waals surface area contributed by atoms with Crippen LogP contribution in [0.5, 0.6) is 0 Å². The van der Waals surface area contributed by atoms with Crippen LogP contribution >= 0.6 is 0 Å². The number of para-hydroxylation sites is 1. The molecule has 29 heavy (non-hydrogen) atoms. The highest BCUT2D eigenvalue weighted by molar-refractivity contribution is 6.08. The molecule has 0 radical (unpaired) electrons. The normalized spacial score (nSPS) is 10.4. The van der Waals surface area contributed by atoms with Crippen LogP contribution in [0.2, 0.25) is 0 Å². The van der Waals surface area contributed by atoms with Gasteiger partial charge in [-0.3, -0.25) is 0 Å². The first-order chi connectivity index (χ1) is 13.9. The summed E-state index contributed by atoms with van der Waals surface area (Å²) >= 11 is 0. The number of aromatic carboxylic acids is 1. The van der Waals surface area contributed by atoms with Crippen LogP contribution in [-0.4, -0.2) is 47.0 Å². The van der Waals surface area contributed by atoms with Crippen molar-refractivity contribution in [2.24, 2.45) is 0 Å². The number of halogens is 1. The average molecular weight is 398 g/mol. The molecule has 0 fully saturated rings. The molecule has 0 amide bonds. The van der Waals surface area contributed by atoms with Crippen molar-refractivity contribution in [3.05, 3.63) is 71.2 Å². The number of hydrogen-bond donors (Lipinski definition) is 1. The first-order valence-electron chi connectivity index (χ1n) is 8.28. The number of rotatable bonds is 5. The van der Waals surface area contributed by atoms with Gasteiger partial charge in [-0.05, 0) is 18.2 Å². The standard InChI is InChI=1S/C20H15FN2O6/c1-28-19(26)15-16(12-9-6-10-13(21)14(12)18(24)25)22-23(17(15)20(27)29-2)11-7-4-3-5-8-11/h3-10H,1-2H3,(H,24,25). The molecule has 3 rings (SSSR count). The minimum Gasteiger partial charge on any atom is -0.478 e. The molecule has 0 saturated carbocycles. The molecule has 148 valence electrons. The van der Waals surface area contributed by atoms with Crippen molar-refractivity contribution in [2.75, 3.05) is 14.2 Å². The number of carbonyl (C=O) groups excluding carboxylic acids is 2. The molecule has 0 saturated heterocycles. The van der Waals surface area contributed by atoms with Crippen LogP contribution in [0.25, 0.3) is 16.9 Å². The topological polar surface area (TPSA) is 108 Å². The number of carboxylic acids is 1. The van der Waals surface area contributed by atoms with Gasteiger partial charge in [-0.25, -0.2) is 23.5 Å². The summed E-state index contributed by atoms with van der Waals surface area (Å²) in [5, 5.41) is 13.7. The number of ether oxygens (including phenoxy) is 2. The van der Waals surface area contributed by atoms with Gasteiger partial charge in [0.15, 0.2) is 5.69 Å². The first kappa shape index (κ1) is 19.7. The third kappa shape index (κ3) is 3.45. The summed E-state index contributed by atoms with van der Waals surface area (Å²) in [6.07, 6.45) is 0. The molecule has 1 heterocycles. The number of methoxy groups -OCH3 is 2. The van der Waals surface area contributed by atoms with Gasteiger partial charge in [-0.15, -0.1) is 0 Å². The van der Waals surface area contributed by atoms with E-state index in [0.29, 0.717) is 5.69 Å². The van der Waals surface area contributed by atoms with Crippen LogP contribution < -0.4 is 0 Å². The van der Waals surface area contributed by atoms with E-state index in [4.69, 9.17) is 9.47 Å². The Morgan fingerprint density at radius 1 is 0.931 bits per heavy atom. The Labute approximate surface area is 164 Å². The Balaban J connectivity index is 2.45. The van der Waals surface area contributed by atoms with Crippen molar-refractivity contribution >= 4 is 17.9 Å². The summed E-state index contributed by atoms with van der Waals surface area (Å²) in [5.74, 6) is -4.42. The average Bonchev–Trinajstić information content (AvgIpc) is 3.13. The maximum Gasteiger partial charge on any atom is 0.357 e. The van der Waals surface area contributed by atoms with Crippen molar-refractivity contribution in [1.82, 2.24) is 9.78 Å². The summed E-state index contributed by atoms with van der Waals surface area (Å²) in [6.45, 7) is 0. The molecule has 0 aliphatic rings. The SMILES string of the molecule is COC(=O)c1c(-c2cccc(F)c2C(=O)O)nn(-c2ccccc2)c1C(=O)OC. The van der Waals surface area contributed by atoms with Crippen LogP contribution in [0.1, 0.15) is 31.2 Å². The molecule has 0 aliphatic carbocycles. The molecule has 1 aromatic heterocycles. The van der Waals surface area contributed by atoms with Gasteiger partial charge >= 0.3 is 17.9 Å². The Hall–Kier alpha value is -4.01. The summed E-state index contributed by atoms with van der Waals surface area (Å²) in [7, 11) is 2.22. The van der Waals surface area contributed by atoms with E-state index >= 15 is 0 Å². The fraction of sp³-hybridized carbons (Fsp3) is 0.100. The lowest BCUT2D eigenvalue weighted by atomic mass is 9.99. The Kier molecular flexibility index (Phi) is 5.40. The third-order valence-corrected chi connectivity index (χ3v) is 4.14. The molecule has 9 heteroatoms. The van der Waals surface area contributed by atoms with Gasteiger partial charge < -0.3 is 14.6 Å². The van der Waals surface area contributed by atoms with E-state index in [9.17, 15) is 23.9 Å². The first-order valence-corrected chi connectivity index (χ1v) is 8.28. The van der Waals surface area contributed by atoms with Gasteiger partial charge in [0, 0.05) is 5.56 Å². The van der Waals surface area contributed by atoms with Crippen molar-refractivity contribution in [1.29, 1.82) is 0 Å². The zero-order valence-corrected chi connectivity index (χ0v) is 15.4. The highest BCUT2D eigenvalue weighted by Crippen LogP contribution is 2.32. The van der Waals surface area contributed by atoms with E-state index < -0.39 is 29.3 Å². The molecule has 2 aromatic carbocycles. The number of hydrogen-bond acceptors (Lipinski definition) is 6. The highest BCUT2D eigenvalue weighted by atomic mass is 19.1. The smallest absolute Gasteiger partial charge is 0.357 e. The zero-order valence-electron chi connectivity index (χ0n) is 15.4. The molecular formula is C20H15FN2O6. The minimum absolute atomic E-state index is 0.183. The highest BCUT2D eigenvalue weighted by Gasteiger charge is 2.33. The zero-order chi connectivity index (χ0) is 21.1. The molecule has 0 spiro atoms. The molecule has 1 N–H and O–H groups in total. The Bertz CT molecular complexity index is 1110. The number of esters is 2. The van der Waals surface area contributed by atoms with Gasteiger partial charge in [0.05, 0.1) is 19.9 Å². The summed E-state index contributed by atoms with van der Waals surface area (Å²) in [4.78, 5) is 36.7. The van der Waals surface area contributed by atoms with E-state index in [1.807, 2.05) is 0 Å². The second-order valence-corrected chi connectivity index (χ2v) is 5.77. The second-order valence-electron chi connectivity index (χ2n) is 5.77. The number of benzene rings is 2. The maximum absolute atomic E-state index is 14.2. The number of aromatic nitrogens is 2. The lowest BCUT2D eigenvalue weighted by Gasteiger charge is -2.07. The van der Waals surface area contributed by atoms with Crippen molar-refractivity contribution < 1.29 is 33.4 Å². The lowest BCUT2D eigenvalue weighted by Crippen LogP contribution is -2.15. The molecular weight excluding hydrogens is 383 g/mol. The molecule has 0 unspecified atom stereocenters. The van der Waals surface area contributed by atoms with E-state index in [1.54, 1.807) is 30.3 Å². The lowest BCUT2D eigenvalue weighted by molar-refractivity contribution is 0.0549. The van der Waals surface area contributed by atoms with Crippen molar-refractivity contribution in [3.8, 4) is 16.9 Å². The van der Waals surface area contributed by atoms with Gasteiger partial charge in [-0.2, -0.15) is 5.10 Å². The van der Waals surface area contributed by atoms with Gasteiger partial charge in [-0.1, -0.05) is 30.3 Å². The second kappa shape index (κ2) is 7.93. The fourth-order valence-electron chi connectivity index (χ4n) is 2.88. The Morgan fingerprint density at radius 3 is 2.17 bits per heavy atom. The van der Waals surface area contributed by atoms with Gasteiger partial charge in [0.1, 0.15) is 22.6 Å². The molecule has 0 aliphatic heterocycles. The van der Waals surface area contributed by atoms with Crippen molar-refractivity contribution in [3.63, 3.8) is 0 Å². The van der Waals surface area contributed by atoms with Crippen LogP contribution in [0.15, 0.2) is 48.5 Å². The number of carboxylic acid groups (broad SMARTS) is 1. The summed E-state index contributed by atoms with van der Waals surface area (Å²) in [5.41, 5.74) is -1.31. The number of nitrogens with zero attached hydrogens (tertiary/aromatic N) is 2. The van der Waals surface area contributed by atoms with Crippen LogP contribution in [0.4, 0.5) is 4.39 Å². The van der Waals surface area contributed by atoms with Crippen LogP contribution in [-0.2, 0) is 9.47 Å². The maximum atomic E-state index is 14.2. The largest absolute Gasteiger partial charge is 0.478 e. The molecule has 8 nitrogen and oxygen atoms in total. The van der Waals surface area contributed by atoms with Crippen LogP contribution in [0.3, 0.4) is 0 Å². The Morgan fingerprint density at radius 2 is 1.59 bits per heavy atom. The molecule has 0 atom stereocenters. The quantitative estimate of drug-likeness (QED) is 0.658. The van der Waals surface area contributed by atoms with E-state index in [0.717, 1.165) is 25.0 Å².